The normalized spacial score (nSPS) is 15.9. The molecule has 0 radical (unpaired) electrons. The molecule has 1 aromatic heterocycles. The molecular formula is C13H23N5OS. The lowest BCUT2D eigenvalue weighted by atomic mass is 10.1. The SMILES string of the molecule is CC(C)CCNC(=O)CSc1nnnn1C1CCCC1. The van der Waals surface area contributed by atoms with Crippen molar-refractivity contribution in [2.75, 3.05) is 12.3 Å². The van der Waals surface area contributed by atoms with Crippen LogP contribution in [0.4, 0.5) is 0 Å². The Morgan fingerprint density at radius 1 is 1.45 bits per heavy atom. The van der Waals surface area contributed by atoms with E-state index in [0.29, 0.717) is 17.7 Å². The van der Waals surface area contributed by atoms with Crippen molar-refractivity contribution in [1.82, 2.24) is 25.5 Å². The molecule has 2 rings (SSSR count). The summed E-state index contributed by atoms with van der Waals surface area (Å²) in [6.07, 6.45) is 5.77. The first kappa shape index (κ1) is 15.3. The van der Waals surface area contributed by atoms with E-state index in [-0.39, 0.29) is 5.91 Å². The second kappa shape index (κ2) is 7.61. The molecule has 0 atom stereocenters. The third-order valence-corrected chi connectivity index (χ3v) is 4.44. The zero-order valence-corrected chi connectivity index (χ0v) is 13.0. The Balaban J connectivity index is 1.76. The van der Waals surface area contributed by atoms with Gasteiger partial charge >= 0.3 is 0 Å². The first-order valence-corrected chi connectivity index (χ1v) is 8.32. The average molecular weight is 297 g/mol. The van der Waals surface area contributed by atoms with Crippen molar-refractivity contribution in [2.24, 2.45) is 5.92 Å². The van der Waals surface area contributed by atoms with Crippen LogP contribution >= 0.6 is 11.8 Å². The lowest BCUT2D eigenvalue weighted by molar-refractivity contribution is -0.118. The Labute approximate surface area is 124 Å². The molecule has 1 N–H and O–H groups in total. The van der Waals surface area contributed by atoms with Gasteiger partial charge in [-0.15, -0.1) is 5.10 Å². The van der Waals surface area contributed by atoms with E-state index in [0.717, 1.165) is 31.0 Å². The fraction of sp³-hybridized carbons (Fsp3) is 0.846. The smallest absolute Gasteiger partial charge is 0.230 e. The van der Waals surface area contributed by atoms with Crippen molar-refractivity contribution in [3.63, 3.8) is 0 Å². The highest BCUT2D eigenvalue weighted by Gasteiger charge is 2.21. The summed E-state index contributed by atoms with van der Waals surface area (Å²) in [6, 6.07) is 0.413. The van der Waals surface area contributed by atoms with Gasteiger partial charge < -0.3 is 5.32 Å². The van der Waals surface area contributed by atoms with Crippen LogP contribution in [0.5, 0.6) is 0 Å². The highest BCUT2D eigenvalue weighted by molar-refractivity contribution is 7.99. The summed E-state index contributed by atoms with van der Waals surface area (Å²) in [6.45, 7) is 5.04. The van der Waals surface area contributed by atoms with Gasteiger partial charge in [-0.25, -0.2) is 4.68 Å². The molecule has 1 aliphatic carbocycles. The van der Waals surface area contributed by atoms with Crippen molar-refractivity contribution < 1.29 is 4.79 Å². The lowest BCUT2D eigenvalue weighted by Gasteiger charge is -2.11. The van der Waals surface area contributed by atoms with E-state index in [1.165, 1.54) is 24.6 Å². The molecule has 1 saturated carbocycles. The van der Waals surface area contributed by atoms with Crippen LogP contribution in [0, 0.1) is 5.92 Å². The summed E-state index contributed by atoms with van der Waals surface area (Å²) < 4.78 is 1.89. The molecule has 20 heavy (non-hydrogen) atoms. The first-order chi connectivity index (χ1) is 9.66. The zero-order chi connectivity index (χ0) is 14.4. The first-order valence-electron chi connectivity index (χ1n) is 7.34. The summed E-state index contributed by atoms with van der Waals surface area (Å²) in [5, 5.41) is 15.5. The van der Waals surface area contributed by atoms with E-state index in [1.54, 1.807) is 0 Å². The minimum Gasteiger partial charge on any atom is -0.355 e. The van der Waals surface area contributed by atoms with Gasteiger partial charge in [-0.05, 0) is 35.6 Å². The average Bonchev–Trinajstić information content (AvgIpc) is 3.06. The quantitative estimate of drug-likeness (QED) is 0.780. The standard InChI is InChI=1S/C13H23N5OS/c1-10(2)7-8-14-12(19)9-20-13-15-16-17-18(13)11-5-3-4-6-11/h10-11H,3-9H2,1-2H3,(H,14,19). The molecule has 0 bridgehead atoms. The van der Waals surface area contributed by atoms with Crippen molar-refractivity contribution in [1.29, 1.82) is 0 Å². The van der Waals surface area contributed by atoms with E-state index < -0.39 is 0 Å². The van der Waals surface area contributed by atoms with Gasteiger partial charge in [0, 0.05) is 6.54 Å². The predicted octanol–water partition coefficient (Wildman–Crippen LogP) is 2.04. The van der Waals surface area contributed by atoms with Crippen LogP contribution in [0.3, 0.4) is 0 Å². The van der Waals surface area contributed by atoms with Crippen LogP contribution in [-0.4, -0.2) is 38.4 Å². The number of nitrogens with zero attached hydrogens (tertiary/aromatic N) is 4. The molecule has 1 aromatic rings. The van der Waals surface area contributed by atoms with E-state index in [1.807, 2.05) is 4.68 Å². The number of amides is 1. The molecule has 7 heteroatoms. The summed E-state index contributed by atoms with van der Waals surface area (Å²) in [5.74, 6) is 1.04. The fourth-order valence-corrected chi connectivity index (χ4v) is 3.11. The number of carbonyl (C=O) groups excluding carboxylic acids is 1. The van der Waals surface area contributed by atoms with Crippen LogP contribution in [0.2, 0.25) is 0 Å². The molecule has 1 heterocycles. The molecule has 1 amide bonds. The molecular weight excluding hydrogens is 274 g/mol. The zero-order valence-electron chi connectivity index (χ0n) is 12.2. The van der Waals surface area contributed by atoms with Gasteiger partial charge in [-0.1, -0.05) is 38.5 Å². The summed E-state index contributed by atoms with van der Waals surface area (Å²) in [4.78, 5) is 11.7. The second-order valence-electron chi connectivity index (χ2n) is 5.67. The highest BCUT2D eigenvalue weighted by Crippen LogP contribution is 2.31. The number of aromatic nitrogens is 4. The van der Waals surface area contributed by atoms with Gasteiger partial charge in [0.2, 0.25) is 11.1 Å². The Kier molecular flexibility index (Phi) is 5.82. The molecule has 1 fully saturated rings. The monoisotopic (exact) mass is 297 g/mol. The maximum Gasteiger partial charge on any atom is 0.230 e. The molecule has 0 aliphatic heterocycles. The number of carbonyl (C=O) groups is 1. The van der Waals surface area contributed by atoms with E-state index in [9.17, 15) is 4.79 Å². The van der Waals surface area contributed by atoms with Crippen molar-refractivity contribution in [3.05, 3.63) is 0 Å². The van der Waals surface area contributed by atoms with E-state index in [4.69, 9.17) is 0 Å². The van der Waals surface area contributed by atoms with Crippen LogP contribution in [0.25, 0.3) is 0 Å². The molecule has 0 aromatic carbocycles. The third-order valence-electron chi connectivity index (χ3n) is 3.51. The van der Waals surface area contributed by atoms with Crippen LogP contribution in [0.15, 0.2) is 5.16 Å². The van der Waals surface area contributed by atoms with Crippen molar-refractivity contribution in [3.8, 4) is 0 Å². The molecule has 1 aliphatic rings. The molecule has 112 valence electrons. The van der Waals surface area contributed by atoms with Crippen LogP contribution in [0.1, 0.15) is 52.0 Å². The molecule has 0 spiro atoms. The predicted molar refractivity (Wildman–Crippen MR) is 78.5 cm³/mol. The van der Waals surface area contributed by atoms with Gasteiger partial charge in [0.25, 0.3) is 0 Å². The Bertz CT molecular complexity index is 428. The Morgan fingerprint density at radius 2 is 2.20 bits per heavy atom. The number of rotatable bonds is 7. The van der Waals surface area contributed by atoms with Crippen molar-refractivity contribution in [2.45, 2.75) is 57.1 Å². The number of tetrazole rings is 1. The number of nitrogens with one attached hydrogen (secondary N) is 1. The van der Waals surface area contributed by atoms with Gasteiger partial charge in [-0.2, -0.15) is 0 Å². The lowest BCUT2D eigenvalue weighted by Crippen LogP contribution is -2.27. The largest absolute Gasteiger partial charge is 0.355 e. The van der Waals surface area contributed by atoms with Crippen molar-refractivity contribution >= 4 is 17.7 Å². The van der Waals surface area contributed by atoms with Gasteiger partial charge in [0.15, 0.2) is 0 Å². The fourth-order valence-electron chi connectivity index (χ4n) is 2.34. The minimum atomic E-state index is 0.0524. The number of hydrogen-bond acceptors (Lipinski definition) is 5. The highest BCUT2D eigenvalue weighted by atomic mass is 32.2. The van der Waals surface area contributed by atoms with Gasteiger partial charge in [0.1, 0.15) is 0 Å². The number of thioether (sulfide) groups is 1. The Morgan fingerprint density at radius 3 is 2.90 bits per heavy atom. The second-order valence-corrected chi connectivity index (χ2v) is 6.61. The van der Waals surface area contributed by atoms with Crippen LogP contribution < -0.4 is 5.32 Å². The van der Waals surface area contributed by atoms with Crippen LogP contribution in [-0.2, 0) is 4.79 Å². The third kappa shape index (κ3) is 4.47. The summed E-state index contributed by atoms with van der Waals surface area (Å²) >= 11 is 1.42. The Hall–Kier alpha value is -1.11. The molecule has 0 unspecified atom stereocenters. The topological polar surface area (TPSA) is 72.7 Å². The van der Waals surface area contributed by atoms with Gasteiger partial charge in [0.05, 0.1) is 11.8 Å². The van der Waals surface area contributed by atoms with E-state index in [2.05, 4.69) is 34.7 Å². The maximum atomic E-state index is 11.7. The van der Waals surface area contributed by atoms with Gasteiger partial charge in [-0.3, -0.25) is 4.79 Å². The minimum absolute atomic E-state index is 0.0524. The summed E-state index contributed by atoms with van der Waals surface area (Å²) in [7, 11) is 0. The molecule has 0 saturated heterocycles. The molecule has 6 nitrogen and oxygen atoms in total. The summed E-state index contributed by atoms with van der Waals surface area (Å²) in [5.41, 5.74) is 0. The number of hydrogen-bond donors (Lipinski definition) is 1. The van der Waals surface area contributed by atoms with E-state index >= 15 is 0 Å². The maximum absolute atomic E-state index is 11.7.